The first-order chi connectivity index (χ1) is 20.1. The lowest BCUT2D eigenvalue weighted by molar-refractivity contribution is -0.0437. The molecule has 4 nitrogen and oxygen atoms in total. The Morgan fingerprint density at radius 1 is 1.00 bits per heavy atom. The van der Waals surface area contributed by atoms with Crippen LogP contribution in [0.25, 0.3) is 11.1 Å². The van der Waals surface area contributed by atoms with Crippen LogP contribution in [0.4, 0.5) is 17.6 Å². The molecule has 2 heterocycles. The molecule has 0 aromatic heterocycles. The number of allylic oxidation sites excluding steroid dienone is 1. The predicted octanol–water partition coefficient (Wildman–Crippen LogP) is 8.82. The summed E-state index contributed by atoms with van der Waals surface area (Å²) in [4.78, 5) is 2.90. The molecule has 0 saturated carbocycles. The minimum absolute atomic E-state index is 0.0220. The van der Waals surface area contributed by atoms with Crippen molar-refractivity contribution in [3.8, 4) is 11.5 Å². The van der Waals surface area contributed by atoms with Gasteiger partial charge in [0.05, 0.1) is 6.67 Å². The lowest BCUT2D eigenvalue weighted by atomic mass is 9.88. The van der Waals surface area contributed by atoms with Crippen molar-refractivity contribution in [2.75, 3.05) is 32.1 Å². The van der Waals surface area contributed by atoms with Crippen molar-refractivity contribution in [2.45, 2.75) is 35.8 Å². The Bertz CT molecular complexity index is 1480. The van der Waals surface area contributed by atoms with E-state index in [9.17, 15) is 21.8 Å². The van der Waals surface area contributed by atoms with Gasteiger partial charge in [0.2, 0.25) is 0 Å². The molecule has 0 radical (unpaired) electrons. The average molecular weight is 661 g/mol. The Balaban J connectivity index is 1.50. The molecule has 0 N–H and O–H groups in total. The molecule has 2 aliphatic rings. The maximum Gasteiger partial charge on any atom is 0.508 e. The van der Waals surface area contributed by atoms with Crippen LogP contribution in [0.1, 0.15) is 36.0 Å². The predicted molar refractivity (Wildman–Crippen MR) is 161 cm³/mol. The quantitative estimate of drug-likeness (QED) is 0.215. The Morgan fingerprint density at radius 3 is 2.45 bits per heavy atom. The molecule has 2 unspecified atom stereocenters. The second kappa shape index (κ2) is 13.6. The van der Waals surface area contributed by atoms with E-state index in [1.165, 1.54) is 23.9 Å². The second-order valence-electron chi connectivity index (χ2n) is 9.89. The van der Waals surface area contributed by atoms with Crippen molar-refractivity contribution in [1.82, 2.24) is 4.90 Å². The molecule has 224 valence electrons. The summed E-state index contributed by atoms with van der Waals surface area (Å²) in [7, 11) is 0. The van der Waals surface area contributed by atoms with Gasteiger partial charge < -0.3 is 8.92 Å². The fourth-order valence-corrected chi connectivity index (χ4v) is 7.12. The van der Waals surface area contributed by atoms with Crippen LogP contribution in [0.15, 0.2) is 65.6 Å². The largest absolute Gasteiger partial charge is 0.508 e. The van der Waals surface area contributed by atoms with E-state index >= 15 is 0 Å². The highest BCUT2D eigenvalue weighted by Crippen LogP contribution is 2.46. The summed E-state index contributed by atoms with van der Waals surface area (Å²) < 4.78 is 73.7. The number of benzene rings is 3. The molecule has 0 bridgehead atoms. The number of thioether (sulfide) groups is 1. The number of fused-ring (bicyclic) bond motifs is 1. The number of hydrogen-bond acceptors (Lipinski definition) is 5. The molecule has 5 rings (SSSR count). The molecule has 3 aromatic carbocycles. The van der Waals surface area contributed by atoms with Crippen LogP contribution in [0.2, 0.25) is 10.0 Å². The minimum atomic E-state index is -4.99. The van der Waals surface area contributed by atoms with Crippen LogP contribution in [0.3, 0.4) is 0 Å². The van der Waals surface area contributed by atoms with Gasteiger partial charge in [-0.25, -0.2) is 4.21 Å². The molecule has 2 atom stereocenters. The van der Waals surface area contributed by atoms with Gasteiger partial charge in [0, 0.05) is 40.3 Å². The molecule has 0 aliphatic carbocycles. The van der Waals surface area contributed by atoms with Crippen LogP contribution >= 0.6 is 35.0 Å². The van der Waals surface area contributed by atoms with E-state index in [4.69, 9.17) is 32.1 Å². The average Bonchev–Trinajstić information content (AvgIpc) is 3.31. The summed E-state index contributed by atoms with van der Waals surface area (Å²) in [6.45, 7) is 2.01. The molecule has 2 aliphatic heterocycles. The number of nitrogens with zero attached hydrogens (tertiary/aromatic N) is 1. The first-order valence-corrected chi connectivity index (χ1v) is 16.1. The maximum atomic E-state index is 12.9. The molecule has 42 heavy (non-hydrogen) atoms. The Morgan fingerprint density at radius 2 is 1.74 bits per heavy atom. The van der Waals surface area contributed by atoms with Crippen molar-refractivity contribution >= 4 is 57.2 Å². The van der Waals surface area contributed by atoms with Gasteiger partial charge in [0.15, 0.2) is 0 Å². The molecule has 0 amide bonds. The molecular formula is C30H27Cl2F4NO3S2. The normalized spacial score (nSPS) is 18.5. The van der Waals surface area contributed by atoms with Gasteiger partial charge in [0.25, 0.3) is 0 Å². The maximum absolute atomic E-state index is 12.9. The van der Waals surface area contributed by atoms with Crippen LogP contribution in [0.5, 0.6) is 11.5 Å². The fraction of sp³-hybridized carbons (Fsp3) is 0.333. The van der Waals surface area contributed by atoms with Gasteiger partial charge in [-0.15, -0.1) is 11.8 Å². The van der Waals surface area contributed by atoms with Crippen LogP contribution in [0, 0.1) is 0 Å². The summed E-state index contributed by atoms with van der Waals surface area (Å²) in [5, 5.41) is 0.993. The van der Waals surface area contributed by atoms with Gasteiger partial charge in [-0.3, -0.25) is 9.29 Å². The van der Waals surface area contributed by atoms with Gasteiger partial charge in [-0.1, -0.05) is 41.4 Å². The summed E-state index contributed by atoms with van der Waals surface area (Å²) in [6.07, 6.45) is 2.03. The molecule has 1 fully saturated rings. The first-order valence-electron chi connectivity index (χ1n) is 13.3. The highest BCUT2D eigenvalue weighted by Gasteiger charge is 2.40. The number of alkyl halides is 4. The fourth-order valence-electron chi connectivity index (χ4n) is 5.17. The van der Waals surface area contributed by atoms with Gasteiger partial charge >= 0.3 is 16.6 Å². The van der Waals surface area contributed by atoms with Crippen LogP contribution in [-0.2, 0) is 11.1 Å². The lowest BCUT2D eigenvalue weighted by Gasteiger charge is -2.19. The van der Waals surface area contributed by atoms with E-state index < -0.39 is 16.6 Å². The van der Waals surface area contributed by atoms with E-state index in [0.29, 0.717) is 39.3 Å². The van der Waals surface area contributed by atoms with Gasteiger partial charge in [-0.05, 0) is 89.6 Å². The van der Waals surface area contributed by atoms with E-state index in [-0.39, 0.29) is 18.5 Å². The summed E-state index contributed by atoms with van der Waals surface area (Å²) in [5.74, 6) is 1.20. The standard InChI is InChI=1S/C30H27Cl2F4NO3S2/c31-20-4-8-24(27(32)16-20)25-11-15-41-28-17-22(40-42(38)30(34,35)36)7-9-26(28)29(25)19-2-5-21(6-3-19)39-23-10-14-37(18-23)13-1-12-33/h2-9,16-17,23H,1,10-15,18H2. The Hall–Kier alpha value is -2.24. The lowest BCUT2D eigenvalue weighted by Crippen LogP contribution is -2.26. The second-order valence-corrected chi connectivity index (χ2v) is 13.0. The smallest absolute Gasteiger partial charge is 0.489 e. The highest BCUT2D eigenvalue weighted by atomic mass is 35.5. The molecule has 1 saturated heterocycles. The van der Waals surface area contributed by atoms with Crippen LogP contribution in [-0.4, -0.2) is 52.8 Å². The number of halogens is 6. The van der Waals surface area contributed by atoms with E-state index in [2.05, 4.69) is 4.90 Å². The van der Waals surface area contributed by atoms with Gasteiger partial charge in [0.1, 0.15) is 17.6 Å². The van der Waals surface area contributed by atoms with Crippen molar-refractivity contribution in [3.05, 3.63) is 87.4 Å². The zero-order chi connectivity index (χ0) is 29.9. The molecule has 3 aromatic rings. The number of ether oxygens (including phenoxy) is 1. The number of rotatable bonds is 9. The Kier molecular flexibility index (Phi) is 10.1. The topological polar surface area (TPSA) is 38.8 Å². The van der Waals surface area contributed by atoms with E-state index in [1.54, 1.807) is 18.2 Å². The zero-order valence-electron chi connectivity index (χ0n) is 22.3. The minimum Gasteiger partial charge on any atom is -0.489 e. The SMILES string of the molecule is O=S(Oc1ccc2c(c1)SCCC(c1ccc(Cl)cc1Cl)=C2c1ccc(OC2CCN(CCCF)C2)cc1)C(F)(F)F. The van der Waals surface area contributed by atoms with Gasteiger partial charge in [-0.2, -0.15) is 13.2 Å². The summed E-state index contributed by atoms with van der Waals surface area (Å²) in [6, 6.07) is 17.6. The third kappa shape index (κ3) is 7.45. The number of hydrogen-bond donors (Lipinski definition) is 0. The molecule has 12 heteroatoms. The van der Waals surface area contributed by atoms with E-state index in [0.717, 1.165) is 53.9 Å². The molecule has 0 spiro atoms. The molecular weight excluding hydrogens is 633 g/mol. The van der Waals surface area contributed by atoms with Crippen molar-refractivity contribution < 1.29 is 30.7 Å². The van der Waals surface area contributed by atoms with E-state index in [1.807, 2.05) is 30.3 Å². The van der Waals surface area contributed by atoms with Crippen molar-refractivity contribution in [2.24, 2.45) is 0 Å². The Labute approximate surface area is 258 Å². The zero-order valence-corrected chi connectivity index (χ0v) is 25.4. The van der Waals surface area contributed by atoms with Crippen LogP contribution < -0.4 is 8.92 Å². The third-order valence-corrected chi connectivity index (χ3v) is 9.36. The monoisotopic (exact) mass is 659 g/mol. The third-order valence-electron chi connectivity index (χ3n) is 7.03. The summed E-state index contributed by atoms with van der Waals surface area (Å²) >= 11 is 10.8. The number of likely N-dealkylation sites (tertiary alicyclic amines) is 1. The highest BCUT2D eigenvalue weighted by molar-refractivity contribution is 7.99. The first kappa shape index (κ1) is 31.2. The summed E-state index contributed by atoms with van der Waals surface area (Å²) in [5.41, 5.74) is -0.690. The van der Waals surface area contributed by atoms with Crippen molar-refractivity contribution in [1.29, 1.82) is 0 Å². The van der Waals surface area contributed by atoms with Crippen molar-refractivity contribution in [3.63, 3.8) is 0 Å².